The van der Waals surface area contributed by atoms with E-state index in [-0.39, 0.29) is 5.91 Å². The number of hydrogen-bond donors (Lipinski definition) is 1. The summed E-state index contributed by atoms with van der Waals surface area (Å²) in [6.45, 7) is 10.0. The van der Waals surface area contributed by atoms with Crippen LogP contribution in [0.3, 0.4) is 0 Å². The third-order valence-electron chi connectivity index (χ3n) is 3.71. The normalized spacial score (nSPS) is 17.1. The van der Waals surface area contributed by atoms with Crippen molar-refractivity contribution in [2.45, 2.75) is 20.3 Å². The molecule has 0 aliphatic carbocycles. The lowest BCUT2D eigenvalue weighted by Gasteiger charge is -2.34. The number of rotatable bonds is 5. The fraction of sp³-hybridized carbons (Fsp3) is 0.562. The van der Waals surface area contributed by atoms with Gasteiger partial charge in [0.25, 0.3) is 0 Å². The molecule has 1 N–H and O–H groups in total. The second-order valence-corrected chi connectivity index (χ2v) is 5.53. The van der Waals surface area contributed by atoms with Crippen molar-refractivity contribution in [2.75, 3.05) is 44.6 Å². The Hall–Kier alpha value is -1.39. The van der Waals surface area contributed by atoms with Gasteiger partial charge in [-0.1, -0.05) is 24.6 Å². The zero-order valence-corrected chi connectivity index (χ0v) is 12.6. The first-order valence-corrected chi connectivity index (χ1v) is 7.48. The molecule has 0 bridgehead atoms. The van der Waals surface area contributed by atoms with Crippen molar-refractivity contribution >= 4 is 11.6 Å². The van der Waals surface area contributed by atoms with E-state index in [0.717, 1.165) is 31.9 Å². The predicted octanol–water partition coefficient (Wildman–Crippen LogP) is 1.96. The molecule has 20 heavy (non-hydrogen) atoms. The van der Waals surface area contributed by atoms with Crippen molar-refractivity contribution in [3.63, 3.8) is 0 Å². The maximum atomic E-state index is 12.0. The van der Waals surface area contributed by atoms with Gasteiger partial charge in [0.2, 0.25) is 5.91 Å². The van der Waals surface area contributed by atoms with Crippen LogP contribution in [0, 0.1) is 6.92 Å². The van der Waals surface area contributed by atoms with Crippen LogP contribution in [0.25, 0.3) is 0 Å². The topological polar surface area (TPSA) is 35.6 Å². The SMILES string of the molecule is CCCN1CCN(CC(=O)Nc2ccc(C)cc2)CC1. The molecule has 4 nitrogen and oxygen atoms in total. The second kappa shape index (κ2) is 7.41. The molecular weight excluding hydrogens is 250 g/mol. The molecule has 0 atom stereocenters. The van der Waals surface area contributed by atoms with Crippen LogP contribution in [0.1, 0.15) is 18.9 Å². The fourth-order valence-corrected chi connectivity index (χ4v) is 2.53. The van der Waals surface area contributed by atoms with Crippen molar-refractivity contribution in [1.29, 1.82) is 0 Å². The van der Waals surface area contributed by atoms with Gasteiger partial charge in [-0.15, -0.1) is 0 Å². The van der Waals surface area contributed by atoms with Gasteiger partial charge in [0.1, 0.15) is 0 Å². The number of benzene rings is 1. The molecule has 1 amide bonds. The summed E-state index contributed by atoms with van der Waals surface area (Å²) >= 11 is 0. The average Bonchev–Trinajstić information content (AvgIpc) is 2.44. The molecule has 110 valence electrons. The molecule has 1 aromatic rings. The number of carbonyl (C=O) groups excluding carboxylic acids is 1. The van der Waals surface area contributed by atoms with E-state index in [1.54, 1.807) is 0 Å². The molecule has 1 saturated heterocycles. The Morgan fingerprint density at radius 3 is 2.30 bits per heavy atom. The highest BCUT2D eigenvalue weighted by molar-refractivity contribution is 5.92. The number of aryl methyl sites for hydroxylation is 1. The summed E-state index contributed by atoms with van der Waals surface area (Å²) in [6.07, 6.45) is 1.20. The zero-order chi connectivity index (χ0) is 14.4. The van der Waals surface area contributed by atoms with E-state index in [9.17, 15) is 4.79 Å². The van der Waals surface area contributed by atoms with Gasteiger partial charge in [-0.05, 0) is 32.0 Å². The molecule has 0 spiro atoms. The summed E-state index contributed by atoms with van der Waals surface area (Å²) in [4.78, 5) is 16.7. The van der Waals surface area contributed by atoms with Crippen molar-refractivity contribution in [2.24, 2.45) is 0 Å². The summed E-state index contributed by atoms with van der Waals surface area (Å²) in [7, 11) is 0. The minimum absolute atomic E-state index is 0.0813. The second-order valence-electron chi connectivity index (χ2n) is 5.53. The van der Waals surface area contributed by atoms with Gasteiger partial charge >= 0.3 is 0 Å². The molecule has 0 radical (unpaired) electrons. The number of hydrogen-bond acceptors (Lipinski definition) is 3. The van der Waals surface area contributed by atoms with E-state index in [4.69, 9.17) is 0 Å². The lowest BCUT2D eigenvalue weighted by atomic mass is 10.2. The summed E-state index contributed by atoms with van der Waals surface area (Å²) < 4.78 is 0. The third kappa shape index (κ3) is 4.62. The first kappa shape index (κ1) is 15.0. The smallest absolute Gasteiger partial charge is 0.238 e. The van der Waals surface area contributed by atoms with E-state index in [2.05, 4.69) is 22.0 Å². The van der Waals surface area contributed by atoms with Crippen LogP contribution in [-0.4, -0.2) is 55.0 Å². The predicted molar refractivity (Wildman–Crippen MR) is 83.0 cm³/mol. The highest BCUT2D eigenvalue weighted by Crippen LogP contribution is 2.09. The van der Waals surface area contributed by atoms with Crippen LogP contribution in [0.4, 0.5) is 5.69 Å². The largest absolute Gasteiger partial charge is 0.325 e. The van der Waals surface area contributed by atoms with Crippen LogP contribution in [0.2, 0.25) is 0 Å². The number of amides is 1. The van der Waals surface area contributed by atoms with Crippen LogP contribution >= 0.6 is 0 Å². The Bertz CT molecular complexity index is 422. The van der Waals surface area contributed by atoms with E-state index >= 15 is 0 Å². The average molecular weight is 275 g/mol. The number of nitrogens with one attached hydrogen (secondary N) is 1. The molecular formula is C16H25N3O. The fourth-order valence-electron chi connectivity index (χ4n) is 2.53. The van der Waals surface area contributed by atoms with Crippen LogP contribution in [-0.2, 0) is 4.79 Å². The summed E-state index contributed by atoms with van der Waals surface area (Å²) in [5, 5.41) is 2.96. The Morgan fingerprint density at radius 1 is 1.10 bits per heavy atom. The van der Waals surface area contributed by atoms with Crippen LogP contribution < -0.4 is 5.32 Å². The molecule has 1 aromatic carbocycles. The Balaban J connectivity index is 1.74. The van der Waals surface area contributed by atoms with E-state index in [1.807, 2.05) is 31.2 Å². The molecule has 1 fully saturated rings. The van der Waals surface area contributed by atoms with Gasteiger partial charge in [0, 0.05) is 31.9 Å². The third-order valence-corrected chi connectivity index (χ3v) is 3.71. The van der Waals surface area contributed by atoms with E-state index in [1.165, 1.54) is 18.5 Å². The van der Waals surface area contributed by atoms with Crippen LogP contribution in [0.15, 0.2) is 24.3 Å². The highest BCUT2D eigenvalue weighted by Gasteiger charge is 2.18. The summed E-state index contributed by atoms with van der Waals surface area (Å²) in [5.74, 6) is 0.0813. The summed E-state index contributed by atoms with van der Waals surface area (Å²) in [5.41, 5.74) is 2.08. The molecule has 2 rings (SSSR count). The van der Waals surface area contributed by atoms with Crippen molar-refractivity contribution in [3.05, 3.63) is 29.8 Å². The molecule has 0 aromatic heterocycles. The molecule has 0 saturated carbocycles. The van der Waals surface area contributed by atoms with Gasteiger partial charge < -0.3 is 10.2 Å². The molecule has 1 heterocycles. The zero-order valence-electron chi connectivity index (χ0n) is 12.6. The van der Waals surface area contributed by atoms with Gasteiger partial charge in [-0.3, -0.25) is 9.69 Å². The quantitative estimate of drug-likeness (QED) is 0.892. The standard InChI is InChI=1S/C16H25N3O/c1-3-8-18-9-11-19(12-10-18)13-16(20)17-15-6-4-14(2)5-7-15/h4-7H,3,8-13H2,1-2H3,(H,17,20). The monoisotopic (exact) mass is 275 g/mol. The minimum atomic E-state index is 0.0813. The van der Waals surface area contributed by atoms with E-state index < -0.39 is 0 Å². The molecule has 0 unspecified atom stereocenters. The highest BCUT2D eigenvalue weighted by atomic mass is 16.2. The lowest BCUT2D eigenvalue weighted by Crippen LogP contribution is -2.48. The maximum Gasteiger partial charge on any atom is 0.238 e. The van der Waals surface area contributed by atoms with Crippen LogP contribution in [0.5, 0.6) is 0 Å². The van der Waals surface area contributed by atoms with Crippen molar-refractivity contribution < 1.29 is 4.79 Å². The minimum Gasteiger partial charge on any atom is -0.325 e. The first-order valence-electron chi connectivity index (χ1n) is 7.48. The number of nitrogens with zero attached hydrogens (tertiary/aromatic N) is 2. The number of carbonyl (C=O) groups is 1. The lowest BCUT2D eigenvalue weighted by molar-refractivity contribution is -0.117. The Kier molecular flexibility index (Phi) is 5.56. The Morgan fingerprint density at radius 2 is 1.70 bits per heavy atom. The first-order chi connectivity index (χ1) is 9.67. The maximum absolute atomic E-state index is 12.0. The molecule has 1 aliphatic rings. The van der Waals surface area contributed by atoms with Crippen molar-refractivity contribution in [3.8, 4) is 0 Å². The summed E-state index contributed by atoms with van der Waals surface area (Å²) in [6, 6.07) is 7.93. The van der Waals surface area contributed by atoms with E-state index in [0.29, 0.717) is 6.54 Å². The number of piperazine rings is 1. The molecule has 4 heteroatoms. The molecule has 1 aliphatic heterocycles. The van der Waals surface area contributed by atoms with Crippen molar-refractivity contribution in [1.82, 2.24) is 9.80 Å². The van der Waals surface area contributed by atoms with Gasteiger partial charge in [-0.25, -0.2) is 0 Å². The Labute approximate surface area is 121 Å². The van der Waals surface area contributed by atoms with Gasteiger partial charge in [0.05, 0.1) is 6.54 Å². The number of anilines is 1. The van der Waals surface area contributed by atoms with Gasteiger partial charge in [0.15, 0.2) is 0 Å². The van der Waals surface area contributed by atoms with Gasteiger partial charge in [-0.2, -0.15) is 0 Å².